The maximum atomic E-state index is 12.5. The van der Waals surface area contributed by atoms with Gasteiger partial charge in [0, 0.05) is 5.02 Å². The summed E-state index contributed by atoms with van der Waals surface area (Å²) in [4.78, 5) is 24.7. The van der Waals surface area contributed by atoms with Gasteiger partial charge in [-0.25, -0.2) is 0 Å². The average Bonchev–Trinajstić information content (AvgIpc) is 2.88. The maximum absolute atomic E-state index is 12.5. The first kappa shape index (κ1) is 21.7. The van der Waals surface area contributed by atoms with Crippen LogP contribution in [-0.2, 0) is 9.59 Å². The lowest BCUT2D eigenvalue weighted by Gasteiger charge is -2.15. The first-order valence-electron chi connectivity index (χ1n) is 8.38. The lowest BCUT2D eigenvalue weighted by Crippen LogP contribution is -2.39. The second-order valence-corrected chi connectivity index (χ2v) is 8.01. The zero-order valence-corrected chi connectivity index (χ0v) is 18.3. The molecule has 6 nitrogen and oxygen atoms in total. The summed E-state index contributed by atoms with van der Waals surface area (Å²) in [5.41, 5.74) is 2.12. The summed E-state index contributed by atoms with van der Waals surface area (Å²) in [6.45, 7) is 3.57. The van der Waals surface area contributed by atoms with Gasteiger partial charge >= 0.3 is 0 Å². The van der Waals surface area contributed by atoms with E-state index in [-0.39, 0.29) is 28.2 Å². The van der Waals surface area contributed by atoms with Gasteiger partial charge < -0.3 is 10.1 Å². The van der Waals surface area contributed by atoms with E-state index in [1.807, 2.05) is 26.0 Å². The van der Waals surface area contributed by atoms with Gasteiger partial charge in [0.15, 0.2) is 17.8 Å². The monoisotopic (exact) mass is 473 g/mol. The van der Waals surface area contributed by atoms with E-state index in [0.717, 1.165) is 16.1 Å². The van der Waals surface area contributed by atoms with E-state index in [1.54, 1.807) is 6.07 Å². The van der Waals surface area contributed by atoms with E-state index in [9.17, 15) is 9.59 Å². The highest BCUT2D eigenvalue weighted by molar-refractivity contribution is 6.48. The van der Waals surface area contributed by atoms with Crippen molar-refractivity contribution in [3.8, 4) is 5.75 Å². The Bertz CT molecular complexity index is 1000. The summed E-state index contributed by atoms with van der Waals surface area (Å²) >= 11 is 24.3. The van der Waals surface area contributed by atoms with Crippen LogP contribution in [0.4, 0.5) is 5.69 Å². The Morgan fingerprint density at radius 3 is 2.45 bits per heavy atom. The molecule has 1 aliphatic rings. The van der Waals surface area contributed by atoms with Crippen LogP contribution in [0.25, 0.3) is 0 Å². The molecule has 0 spiro atoms. The minimum atomic E-state index is -1.21. The number of nitrogens with zero attached hydrogens (tertiary/aromatic N) is 2. The first-order valence-corrected chi connectivity index (χ1v) is 9.95. The van der Waals surface area contributed by atoms with Crippen molar-refractivity contribution in [1.29, 1.82) is 0 Å². The number of halogens is 4. The van der Waals surface area contributed by atoms with Gasteiger partial charge in [-0.15, -0.1) is 16.7 Å². The standard InChI is InChI=1S/C19H15Cl4N3O3/c1-9-3-4-14(10(2)5-9)29-8-15(27)24-18-16(23)19(28)26(25-18)17-12(21)6-11(20)7-13(17)22/h3-7,16H,8H2,1-2H3,(H,24,25,27). The van der Waals surface area contributed by atoms with Crippen molar-refractivity contribution in [2.75, 3.05) is 11.6 Å². The van der Waals surface area contributed by atoms with Gasteiger partial charge in [0.05, 0.1) is 10.0 Å². The Morgan fingerprint density at radius 2 is 1.83 bits per heavy atom. The molecule has 2 aromatic rings. The molecule has 0 fully saturated rings. The normalized spacial score (nSPS) is 16.1. The summed E-state index contributed by atoms with van der Waals surface area (Å²) in [6, 6.07) is 8.45. The van der Waals surface area contributed by atoms with E-state index < -0.39 is 17.2 Å². The molecule has 152 valence electrons. The number of amidine groups is 1. The summed E-state index contributed by atoms with van der Waals surface area (Å²) < 4.78 is 5.52. The number of rotatable bonds is 4. The smallest absolute Gasteiger partial charge is 0.273 e. The van der Waals surface area contributed by atoms with E-state index >= 15 is 0 Å². The molecule has 2 aromatic carbocycles. The Kier molecular flexibility index (Phi) is 6.58. The molecule has 0 aromatic heterocycles. The molecular weight excluding hydrogens is 460 g/mol. The molecule has 2 amide bonds. The van der Waals surface area contributed by atoms with Gasteiger partial charge in [0.1, 0.15) is 11.4 Å². The van der Waals surface area contributed by atoms with Crippen molar-refractivity contribution in [2.24, 2.45) is 5.10 Å². The largest absolute Gasteiger partial charge is 0.483 e. The number of hydrogen-bond acceptors (Lipinski definition) is 4. The number of alkyl halides is 1. The molecular formula is C19H15Cl4N3O3. The molecule has 0 aliphatic carbocycles. The molecule has 1 aliphatic heterocycles. The van der Waals surface area contributed by atoms with E-state index in [2.05, 4.69) is 10.4 Å². The van der Waals surface area contributed by atoms with Crippen LogP contribution in [0, 0.1) is 13.8 Å². The fourth-order valence-corrected chi connectivity index (χ4v) is 3.87. The van der Waals surface area contributed by atoms with Crippen molar-refractivity contribution in [3.63, 3.8) is 0 Å². The molecule has 1 N–H and O–H groups in total. The molecule has 1 unspecified atom stereocenters. The highest BCUT2D eigenvalue weighted by atomic mass is 35.5. The van der Waals surface area contributed by atoms with Gasteiger partial charge in [0.25, 0.3) is 11.8 Å². The van der Waals surface area contributed by atoms with Crippen LogP contribution in [0.1, 0.15) is 11.1 Å². The predicted molar refractivity (Wildman–Crippen MR) is 116 cm³/mol. The fourth-order valence-electron chi connectivity index (χ4n) is 2.70. The number of ether oxygens (including phenoxy) is 1. The third-order valence-electron chi connectivity index (χ3n) is 4.02. The zero-order valence-electron chi connectivity index (χ0n) is 15.3. The number of benzene rings is 2. The minimum Gasteiger partial charge on any atom is -0.483 e. The van der Waals surface area contributed by atoms with Crippen LogP contribution >= 0.6 is 46.4 Å². The van der Waals surface area contributed by atoms with Gasteiger partial charge in [0.2, 0.25) is 0 Å². The molecule has 0 radical (unpaired) electrons. The van der Waals surface area contributed by atoms with Crippen LogP contribution in [0.15, 0.2) is 35.4 Å². The van der Waals surface area contributed by atoms with Crippen molar-refractivity contribution >= 4 is 69.7 Å². The second kappa shape index (κ2) is 8.79. The summed E-state index contributed by atoms with van der Waals surface area (Å²) in [5.74, 6) is -0.590. The molecule has 1 heterocycles. The van der Waals surface area contributed by atoms with Crippen molar-refractivity contribution < 1.29 is 14.3 Å². The van der Waals surface area contributed by atoms with Gasteiger partial charge in [-0.3, -0.25) is 9.59 Å². The van der Waals surface area contributed by atoms with Crippen LogP contribution in [-0.4, -0.2) is 29.6 Å². The zero-order chi connectivity index (χ0) is 21.3. The number of aryl methyl sites for hydroxylation is 2. The third kappa shape index (κ3) is 4.78. The lowest BCUT2D eigenvalue weighted by molar-refractivity contribution is -0.121. The highest BCUT2D eigenvalue weighted by Gasteiger charge is 2.38. The molecule has 0 saturated carbocycles. The minimum absolute atomic E-state index is 0.0482. The molecule has 29 heavy (non-hydrogen) atoms. The first-order chi connectivity index (χ1) is 13.7. The summed E-state index contributed by atoms with van der Waals surface area (Å²) in [6.07, 6.45) is 0. The number of anilines is 1. The van der Waals surface area contributed by atoms with E-state index in [1.165, 1.54) is 12.1 Å². The van der Waals surface area contributed by atoms with Crippen molar-refractivity contribution in [2.45, 2.75) is 19.2 Å². The Hall–Kier alpha value is -1.99. The third-order valence-corrected chi connectivity index (χ3v) is 5.21. The van der Waals surface area contributed by atoms with Crippen molar-refractivity contribution in [1.82, 2.24) is 5.32 Å². The summed E-state index contributed by atoms with van der Waals surface area (Å²) in [5, 5.41) is 6.84. The second-order valence-electron chi connectivity index (χ2n) is 6.32. The average molecular weight is 475 g/mol. The van der Waals surface area contributed by atoms with E-state index in [0.29, 0.717) is 10.8 Å². The molecule has 0 bridgehead atoms. The van der Waals surface area contributed by atoms with Crippen LogP contribution in [0.2, 0.25) is 15.1 Å². The fraction of sp³-hybridized carbons (Fsp3) is 0.211. The predicted octanol–water partition coefficient (Wildman–Crippen LogP) is 4.73. The van der Waals surface area contributed by atoms with Crippen LogP contribution in [0.3, 0.4) is 0 Å². The molecule has 0 saturated heterocycles. The van der Waals surface area contributed by atoms with E-state index in [4.69, 9.17) is 51.1 Å². The Labute approximate surface area is 187 Å². The van der Waals surface area contributed by atoms with Gasteiger partial charge in [-0.05, 0) is 37.6 Å². The topological polar surface area (TPSA) is 71.0 Å². The number of nitrogens with one attached hydrogen (secondary N) is 1. The van der Waals surface area contributed by atoms with Crippen LogP contribution < -0.4 is 15.1 Å². The molecule has 10 heteroatoms. The number of amides is 2. The SMILES string of the molecule is Cc1ccc(OCC(=O)NC2=NN(c3c(Cl)cc(Cl)cc3Cl)C(=O)C2Cl)c(C)c1. The molecule has 1 atom stereocenters. The number of hydrogen-bond donors (Lipinski definition) is 1. The summed E-state index contributed by atoms with van der Waals surface area (Å²) in [7, 11) is 0. The lowest BCUT2D eigenvalue weighted by atomic mass is 10.1. The van der Waals surface area contributed by atoms with Gasteiger partial charge in [-0.2, -0.15) is 5.01 Å². The Balaban J connectivity index is 1.72. The number of hydrazone groups is 1. The van der Waals surface area contributed by atoms with Crippen LogP contribution in [0.5, 0.6) is 5.75 Å². The maximum Gasteiger partial charge on any atom is 0.273 e. The quantitative estimate of drug-likeness (QED) is 0.651. The highest BCUT2D eigenvalue weighted by Crippen LogP contribution is 2.38. The molecule has 3 rings (SSSR count). The number of carbonyl (C=O) groups is 2. The van der Waals surface area contributed by atoms with Gasteiger partial charge in [-0.1, -0.05) is 52.5 Å². The Morgan fingerprint density at radius 1 is 1.17 bits per heavy atom. The van der Waals surface area contributed by atoms with Crippen molar-refractivity contribution in [3.05, 3.63) is 56.5 Å². The number of carbonyl (C=O) groups excluding carboxylic acids is 2.